The van der Waals surface area contributed by atoms with Crippen molar-refractivity contribution < 1.29 is 49.8 Å². The number of rotatable bonds is 14. The molecule has 4 atom stereocenters. The molecule has 0 spiro atoms. The van der Waals surface area contributed by atoms with Crippen LogP contribution in [0.3, 0.4) is 0 Å². The molecule has 48 heavy (non-hydrogen) atoms. The zero-order valence-corrected chi connectivity index (χ0v) is 26.0. The average molecular weight is 685 g/mol. The molecule has 3 aromatic carbocycles. The number of benzene rings is 3. The molecular formula is C35H36F8N2O3. The lowest BCUT2D eigenvalue weighted by Gasteiger charge is -2.26. The first-order chi connectivity index (χ1) is 22.6. The van der Waals surface area contributed by atoms with Gasteiger partial charge in [0.05, 0.1) is 36.0 Å². The van der Waals surface area contributed by atoms with Crippen molar-refractivity contribution in [2.75, 3.05) is 13.2 Å². The molecule has 0 radical (unpaired) electrons. The fraction of sp³-hybridized carbons (Fsp3) is 0.400. The van der Waals surface area contributed by atoms with Crippen LogP contribution in [0.1, 0.15) is 72.6 Å². The number of halogens is 8. The Morgan fingerprint density at radius 1 is 0.958 bits per heavy atom. The van der Waals surface area contributed by atoms with Gasteiger partial charge in [-0.3, -0.25) is 4.79 Å². The number of carbonyl (C=O) groups is 1. The summed E-state index contributed by atoms with van der Waals surface area (Å²) in [4.78, 5) is 12.6. The lowest BCUT2D eigenvalue weighted by Crippen LogP contribution is -2.49. The monoisotopic (exact) mass is 684 g/mol. The van der Waals surface area contributed by atoms with Gasteiger partial charge in [0.25, 0.3) is 0 Å². The average Bonchev–Trinajstić information content (AvgIpc) is 3.36. The third kappa shape index (κ3) is 9.64. The first-order valence-corrected chi connectivity index (χ1v) is 15.4. The zero-order valence-electron chi connectivity index (χ0n) is 26.0. The van der Waals surface area contributed by atoms with Crippen molar-refractivity contribution in [2.45, 2.75) is 75.7 Å². The van der Waals surface area contributed by atoms with E-state index in [0.29, 0.717) is 42.2 Å². The van der Waals surface area contributed by atoms with Gasteiger partial charge in [0.2, 0.25) is 5.91 Å². The summed E-state index contributed by atoms with van der Waals surface area (Å²) in [5.74, 6) is -1.99. The molecule has 4 rings (SSSR count). The predicted octanol–water partition coefficient (Wildman–Crippen LogP) is 8.23. The van der Waals surface area contributed by atoms with Gasteiger partial charge in [0, 0.05) is 25.1 Å². The van der Waals surface area contributed by atoms with Gasteiger partial charge in [-0.1, -0.05) is 31.6 Å². The lowest BCUT2D eigenvalue weighted by atomic mass is 9.95. The Morgan fingerprint density at radius 3 is 2.19 bits per heavy atom. The molecule has 0 unspecified atom stereocenters. The number of carbonyl (C=O) groups excluding carboxylic acids is 1. The van der Waals surface area contributed by atoms with Gasteiger partial charge in [-0.15, -0.1) is 6.58 Å². The summed E-state index contributed by atoms with van der Waals surface area (Å²) in [6, 6.07) is 7.27. The van der Waals surface area contributed by atoms with E-state index in [1.54, 1.807) is 6.07 Å². The van der Waals surface area contributed by atoms with Crippen LogP contribution in [0.15, 0.2) is 67.3 Å². The largest absolute Gasteiger partial charge is 0.416 e. The highest BCUT2D eigenvalue weighted by atomic mass is 19.4. The molecule has 0 aromatic heterocycles. The molecule has 0 bridgehead atoms. The SMILES string of the molecule is C=CCO[C@@H]1C[C@H](NC[C@@H](O)[C@H](Cc2cc(F)cc(F)c2)NC(=O)CCCC)c2cc(-c3cc(C(F)(F)F)cc(C(F)(F)F)c3)ccc21. The van der Waals surface area contributed by atoms with E-state index in [9.17, 15) is 45.0 Å². The van der Waals surface area contributed by atoms with Crippen LogP contribution in [0.2, 0.25) is 0 Å². The topological polar surface area (TPSA) is 70.6 Å². The number of hydrogen-bond donors (Lipinski definition) is 3. The van der Waals surface area contributed by atoms with E-state index < -0.39 is 59.4 Å². The van der Waals surface area contributed by atoms with E-state index in [0.717, 1.165) is 18.6 Å². The second-order valence-electron chi connectivity index (χ2n) is 11.8. The number of unbranched alkanes of at least 4 members (excludes halogenated alkanes) is 1. The Bertz CT molecular complexity index is 1540. The van der Waals surface area contributed by atoms with Crippen molar-refractivity contribution in [3.8, 4) is 11.1 Å². The summed E-state index contributed by atoms with van der Waals surface area (Å²) >= 11 is 0. The quantitative estimate of drug-likeness (QED) is 0.118. The highest BCUT2D eigenvalue weighted by molar-refractivity contribution is 5.76. The van der Waals surface area contributed by atoms with Crippen LogP contribution in [0.5, 0.6) is 0 Å². The molecule has 1 aliphatic rings. The van der Waals surface area contributed by atoms with E-state index in [-0.39, 0.29) is 54.7 Å². The number of fused-ring (bicyclic) bond motifs is 1. The maximum Gasteiger partial charge on any atom is 0.416 e. The fourth-order valence-corrected chi connectivity index (χ4v) is 5.76. The standard InChI is InChI=1S/C35H36F8N2O3/c1-3-5-6-33(47)45-30(12-20-10-25(36)17-26(37)11-20)31(46)19-44-29-18-32(48-9-4-2)27-8-7-21(15-28(27)29)22-13-23(34(38,39)40)16-24(14-22)35(41,42)43/h4,7-8,10-11,13-17,29-32,44,46H,2-3,5-6,9,12,18-19H2,1H3,(H,45,47)/t29-,30-,31+,32+/m0/s1. The third-order valence-corrected chi connectivity index (χ3v) is 8.11. The number of aliphatic hydroxyl groups is 1. The molecular weight excluding hydrogens is 648 g/mol. The minimum atomic E-state index is -5.02. The molecule has 0 saturated carbocycles. The van der Waals surface area contributed by atoms with E-state index in [4.69, 9.17) is 4.74 Å². The van der Waals surface area contributed by atoms with E-state index in [2.05, 4.69) is 17.2 Å². The molecule has 0 aliphatic heterocycles. The van der Waals surface area contributed by atoms with Crippen molar-refractivity contribution >= 4 is 5.91 Å². The zero-order chi connectivity index (χ0) is 35.2. The number of nitrogens with one attached hydrogen (secondary N) is 2. The van der Waals surface area contributed by atoms with Gasteiger partial charge < -0.3 is 20.5 Å². The Kier molecular flexibility index (Phi) is 12.0. The molecule has 260 valence electrons. The Balaban J connectivity index is 1.63. The van der Waals surface area contributed by atoms with E-state index >= 15 is 0 Å². The maximum atomic E-state index is 13.9. The van der Waals surface area contributed by atoms with Crippen LogP contribution in [-0.4, -0.2) is 36.3 Å². The van der Waals surface area contributed by atoms with Crippen LogP contribution in [-0.2, 0) is 28.3 Å². The highest BCUT2D eigenvalue weighted by Crippen LogP contribution is 2.44. The second-order valence-corrected chi connectivity index (χ2v) is 11.8. The Hall–Kier alpha value is -3.81. The molecule has 0 saturated heterocycles. The Morgan fingerprint density at radius 2 is 1.60 bits per heavy atom. The van der Waals surface area contributed by atoms with Crippen molar-refractivity contribution in [2.24, 2.45) is 0 Å². The molecule has 3 N–H and O–H groups in total. The van der Waals surface area contributed by atoms with Crippen LogP contribution in [0, 0.1) is 11.6 Å². The fourth-order valence-electron chi connectivity index (χ4n) is 5.76. The smallest absolute Gasteiger partial charge is 0.390 e. The van der Waals surface area contributed by atoms with Gasteiger partial charge in [-0.25, -0.2) is 8.78 Å². The molecule has 13 heteroatoms. The van der Waals surface area contributed by atoms with Gasteiger partial charge in [0.1, 0.15) is 11.6 Å². The molecule has 0 heterocycles. The van der Waals surface area contributed by atoms with Crippen molar-refractivity contribution in [1.82, 2.24) is 10.6 Å². The summed E-state index contributed by atoms with van der Waals surface area (Å²) < 4.78 is 115. The number of amides is 1. The van der Waals surface area contributed by atoms with Gasteiger partial charge in [-0.2, -0.15) is 26.3 Å². The van der Waals surface area contributed by atoms with Gasteiger partial charge >= 0.3 is 12.4 Å². The van der Waals surface area contributed by atoms with Gasteiger partial charge in [0.15, 0.2) is 0 Å². The number of aliphatic hydroxyl groups excluding tert-OH is 1. The molecule has 5 nitrogen and oxygen atoms in total. The minimum absolute atomic E-state index is 0.0669. The first-order valence-electron chi connectivity index (χ1n) is 15.4. The maximum absolute atomic E-state index is 13.9. The summed E-state index contributed by atoms with van der Waals surface area (Å²) in [5, 5.41) is 17.1. The van der Waals surface area contributed by atoms with Crippen LogP contribution < -0.4 is 10.6 Å². The summed E-state index contributed by atoms with van der Waals surface area (Å²) in [7, 11) is 0. The minimum Gasteiger partial charge on any atom is -0.390 e. The third-order valence-electron chi connectivity index (χ3n) is 8.11. The van der Waals surface area contributed by atoms with Crippen LogP contribution >= 0.6 is 0 Å². The molecule has 3 aromatic rings. The number of hydrogen-bond acceptors (Lipinski definition) is 4. The Labute approximate surface area is 273 Å². The van der Waals surface area contributed by atoms with E-state index in [1.165, 1.54) is 18.2 Å². The van der Waals surface area contributed by atoms with Crippen molar-refractivity contribution in [1.29, 1.82) is 0 Å². The van der Waals surface area contributed by atoms with Crippen molar-refractivity contribution in [3.63, 3.8) is 0 Å². The lowest BCUT2D eigenvalue weighted by molar-refractivity contribution is -0.143. The van der Waals surface area contributed by atoms with Crippen molar-refractivity contribution in [3.05, 3.63) is 107 Å². The van der Waals surface area contributed by atoms with Gasteiger partial charge in [-0.05, 0) is 83.5 Å². The predicted molar refractivity (Wildman–Crippen MR) is 164 cm³/mol. The number of ether oxygens (including phenoxy) is 1. The summed E-state index contributed by atoms with van der Waals surface area (Å²) in [6.07, 6.45) is -8.56. The molecule has 1 aliphatic carbocycles. The van der Waals surface area contributed by atoms with E-state index in [1.807, 2.05) is 6.92 Å². The molecule has 0 fully saturated rings. The molecule has 1 amide bonds. The van der Waals surface area contributed by atoms with Crippen LogP contribution in [0.25, 0.3) is 11.1 Å². The van der Waals surface area contributed by atoms with Crippen LogP contribution in [0.4, 0.5) is 35.1 Å². The normalized spacial score (nSPS) is 17.5. The second kappa shape index (κ2) is 15.6. The summed E-state index contributed by atoms with van der Waals surface area (Å²) in [5.41, 5.74) is -1.67. The number of alkyl halides is 6. The summed E-state index contributed by atoms with van der Waals surface area (Å²) in [6.45, 7) is 5.56. The first kappa shape index (κ1) is 37.0. The highest BCUT2D eigenvalue weighted by Gasteiger charge is 2.38.